The summed E-state index contributed by atoms with van der Waals surface area (Å²) in [7, 11) is -2.52. The van der Waals surface area contributed by atoms with Gasteiger partial charge in [0.05, 0.1) is 19.3 Å². The van der Waals surface area contributed by atoms with E-state index in [0.29, 0.717) is 12.8 Å². The number of piperidine rings is 1. The van der Waals surface area contributed by atoms with Gasteiger partial charge in [-0.3, -0.25) is 9.59 Å². The highest BCUT2D eigenvalue weighted by atomic mass is 32.2. The fourth-order valence-corrected chi connectivity index (χ4v) is 3.60. The zero-order valence-electron chi connectivity index (χ0n) is 10.2. The van der Waals surface area contributed by atoms with E-state index in [-0.39, 0.29) is 6.54 Å². The molecule has 1 aliphatic rings. The van der Waals surface area contributed by atoms with E-state index in [1.54, 1.807) is 0 Å². The maximum atomic E-state index is 12.0. The lowest BCUT2D eigenvalue weighted by Crippen LogP contribution is -2.49. The molecule has 1 aliphatic heterocycles. The molecule has 1 saturated heterocycles. The molecule has 7 nitrogen and oxygen atoms in total. The summed E-state index contributed by atoms with van der Waals surface area (Å²) >= 11 is 0. The average Bonchev–Trinajstić information content (AvgIpc) is 2.35. The Morgan fingerprint density at radius 3 is 2.61 bits per heavy atom. The summed E-state index contributed by atoms with van der Waals surface area (Å²) < 4.78 is 29.6. The van der Waals surface area contributed by atoms with Gasteiger partial charge < -0.3 is 9.84 Å². The van der Waals surface area contributed by atoms with E-state index in [2.05, 4.69) is 4.74 Å². The first-order valence-corrected chi connectivity index (χ1v) is 7.28. The highest BCUT2D eigenvalue weighted by molar-refractivity contribution is 7.89. The normalized spacial score (nSPS) is 21.5. The van der Waals surface area contributed by atoms with Crippen molar-refractivity contribution in [2.45, 2.75) is 31.7 Å². The zero-order valence-corrected chi connectivity index (χ0v) is 11.0. The van der Waals surface area contributed by atoms with Crippen molar-refractivity contribution in [2.24, 2.45) is 0 Å². The van der Waals surface area contributed by atoms with Crippen LogP contribution in [0.2, 0.25) is 0 Å². The van der Waals surface area contributed by atoms with Crippen molar-refractivity contribution in [3.8, 4) is 0 Å². The van der Waals surface area contributed by atoms with Crippen LogP contribution in [0, 0.1) is 0 Å². The molecule has 0 aromatic rings. The number of nitrogens with zero attached hydrogens (tertiary/aromatic N) is 1. The molecular weight excluding hydrogens is 262 g/mol. The summed E-state index contributed by atoms with van der Waals surface area (Å²) in [4.78, 5) is 21.9. The van der Waals surface area contributed by atoms with Gasteiger partial charge >= 0.3 is 11.9 Å². The first-order chi connectivity index (χ1) is 8.38. The van der Waals surface area contributed by atoms with Crippen LogP contribution >= 0.6 is 0 Å². The smallest absolute Gasteiger partial charge is 0.324 e. The van der Waals surface area contributed by atoms with Crippen molar-refractivity contribution in [1.29, 1.82) is 0 Å². The number of methoxy groups -OCH3 is 1. The molecule has 1 rings (SSSR count). The predicted octanol–water partition coefficient (Wildman–Crippen LogP) is -0.182. The maximum Gasteiger partial charge on any atom is 0.324 e. The molecular formula is C10H17NO6S. The van der Waals surface area contributed by atoms with E-state index in [4.69, 9.17) is 5.11 Å². The second-order valence-electron chi connectivity index (χ2n) is 4.11. The molecule has 1 fully saturated rings. The Bertz CT molecular complexity index is 418. The van der Waals surface area contributed by atoms with Gasteiger partial charge in [0.2, 0.25) is 10.0 Å². The average molecular weight is 279 g/mol. The lowest BCUT2D eigenvalue weighted by atomic mass is 10.1. The van der Waals surface area contributed by atoms with Crippen LogP contribution in [0.1, 0.15) is 25.7 Å². The third kappa shape index (κ3) is 3.67. The summed E-state index contributed by atoms with van der Waals surface area (Å²) in [5.74, 6) is -2.26. The Labute approximate surface area is 106 Å². The van der Waals surface area contributed by atoms with Crippen molar-refractivity contribution < 1.29 is 27.9 Å². The molecule has 104 valence electrons. The molecule has 8 heteroatoms. The Hall–Kier alpha value is -1.15. The fraction of sp³-hybridized carbons (Fsp3) is 0.800. The molecule has 0 saturated carbocycles. The van der Waals surface area contributed by atoms with Crippen LogP contribution in [-0.4, -0.2) is 55.2 Å². The van der Waals surface area contributed by atoms with Crippen LogP contribution in [0.5, 0.6) is 0 Å². The quantitative estimate of drug-likeness (QED) is 0.700. The van der Waals surface area contributed by atoms with E-state index < -0.39 is 40.2 Å². The number of hydrogen-bond acceptors (Lipinski definition) is 5. The molecule has 1 heterocycles. The predicted molar refractivity (Wildman–Crippen MR) is 62.4 cm³/mol. The first-order valence-electron chi connectivity index (χ1n) is 5.67. The van der Waals surface area contributed by atoms with Crippen LogP contribution in [0.15, 0.2) is 0 Å². The van der Waals surface area contributed by atoms with Gasteiger partial charge in [0.15, 0.2) is 0 Å². The number of ether oxygens (including phenoxy) is 1. The van der Waals surface area contributed by atoms with Crippen molar-refractivity contribution >= 4 is 22.0 Å². The van der Waals surface area contributed by atoms with Gasteiger partial charge in [-0.15, -0.1) is 0 Å². The standard InChI is InChI=1S/C10H17NO6S/c1-17-10(14)8-4-2-3-6-11(8)18(15,16)7-5-9(12)13/h8H,2-7H2,1H3,(H,12,13). The number of aliphatic carboxylic acids is 1. The topological polar surface area (TPSA) is 101 Å². The lowest BCUT2D eigenvalue weighted by molar-refractivity contribution is -0.146. The number of carbonyl (C=O) groups is 2. The summed E-state index contributed by atoms with van der Waals surface area (Å²) in [5, 5.41) is 8.52. The third-order valence-corrected chi connectivity index (χ3v) is 4.73. The molecule has 18 heavy (non-hydrogen) atoms. The molecule has 0 radical (unpaired) electrons. The van der Waals surface area contributed by atoms with Crippen molar-refractivity contribution in [3.63, 3.8) is 0 Å². The van der Waals surface area contributed by atoms with Crippen molar-refractivity contribution in [3.05, 3.63) is 0 Å². The summed E-state index contributed by atoms with van der Waals surface area (Å²) in [6.07, 6.45) is 1.37. The first kappa shape index (κ1) is 14.9. The minimum atomic E-state index is -3.73. The Kier molecular flexibility index (Phi) is 5.09. The number of carboxylic acids is 1. The van der Waals surface area contributed by atoms with Crippen LogP contribution in [0.4, 0.5) is 0 Å². The van der Waals surface area contributed by atoms with E-state index in [0.717, 1.165) is 10.7 Å². The summed E-state index contributed by atoms with van der Waals surface area (Å²) in [6.45, 7) is 0.238. The molecule has 0 aromatic heterocycles. The minimum absolute atomic E-state index is 0.238. The fourth-order valence-electron chi connectivity index (χ4n) is 1.94. The summed E-state index contributed by atoms with van der Waals surface area (Å²) in [6, 6.07) is -0.817. The molecule has 0 bridgehead atoms. The van der Waals surface area contributed by atoms with Gasteiger partial charge in [-0.05, 0) is 19.3 Å². The van der Waals surface area contributed by atoms with Gasteiger partial charge in [0.25, 0.3) is 0 Å². The number of carbonyl (C=O) groups excluding carboxylic acids is 1. The van der Waals surface area contributed by atoms with Crippen molar-refractivity contribution in [2.75, 3.05) is 19.4 Å². The van der Waals surface area contributed by atoms with E-state index in [1.807, 2.05) is 0 Å². The lowest BCUT2D eigenvalue weighted by Gasteiger charge is -2.32. The highest BCUT2D eigenvalue weighted by Gasteiger charge is 2.37. The highest BCUT2D eigenvalue weighted by Crippen LogP contribution is 2.22. The molecule has 1 unspecified atom stereocenters. The van der Waals surface area contributed by atoms with E-state index in [9.17, 15) is 18.0 Å². The molecule has 0 aliphatic carbocycles. The van der Waals surface area contributed by atoms with Crippen LogP contribution < -0.4 is 0 Å². The van der Waals surface area contributed by atoms with Gasteiger partial charge in [-0.2, -0.15) is 4.31 Å². The number of esters is 1. The number of sulfonamides is 1. The second-order valence-corrected chi connectivity index (χ2v) is 6.15. The molecule has 0 amide bonds. The Balaban J connectivity index is 2.82. The second kappa shape index (κ2) is 6.14. The number of rotatable bonds is 5. The van der Waals surface area contributed by atoms with Gasteiger partial charge in [-0.1, -0.05) is 0 Å². The largest absolute Gasteiger partial charge is 0.481 e. The summed E-state index contributed by atoms with van der Waals surface area (Å²) in [5.41, 5.74) is 0. The number of hydrogen-bond donors (Lipinski definition) is 1. The van der Waals surface area contributed by atoms with Crippen molar-refractivity contribution in [1.82, 2.24) is 4.31 Å². The zero-order chi connectivity index (χ0) is 13.8. The van der Waals surface area contributed by atoms with E-state index in [1.165, 1.54) is 7.11 Å². The molecule has 0 aromatic carbocycles. The molecule has 1 atom stereocenters. The van der Waals surface area contributed by atoms with Crippen LogP contribution in [0.3, 0.4) is 0 Å². The van der Waals surface area contributed by atoms with Crippen LogP contribution in [-0.2, 0) is 24.3 Å². The maximum absolute atomic E-state index is 12.0. The molecule has 1 N–H and O–H groups in total. The van der Waals surface area contributed by atoms with Gasteiger partial charge in [0.1, 0.15) is 6.04 Å². The monoisotopic (exact) mass is 279 g/mol. The van der Waals surface area contributed by atoms with Crippen LogP contribution in [0.25, 0.3) is 0 Å². The van der Waals surface area contributed by atoms with Gasteiger partial charge in [-0.25, -0.2) is 8.42 Å². The Morgan fingerprint density at radius 1 is 1.39 bits per heavy atom. The minimum Gasteiger partial charge on any atom is -0.481 e. The number of carboxylic acid groups (broad SMARTS) is 1. The van der Waals surface area contributed by atoms with Gasteiger partial charge in [0, 0.05) is 6.54 Å². The Morgan fingerprint density at radius 2 is 2.06 bits per heavy atom. The molecule has 0 spiro atoms. The third-order valence-electron chi connectivity index (χ3n) is 2.86. The SMILES string of the molecule is COC(=O)C1CCCCN1S(=O)(=O)CCC(=O)O. The van der Waals surface area contributed by atoms with E-state index >= 15 is 0 Å².